The maximum absolute atomic E-state index is 12.1. The van der Waals surface area contributed by atoms with Crippen LogP contribution < -0.4 is 14.9 Å². The number of aryl methyl sites for hydroxylation is 1. The molecule has 1 aromatic heterocycles. The van der Waals surface area contributed by atoms with Crippen LogP contribution in [-0.2, 0) is 6.61 Å². The molecule has 1 N–H and O–H groups in total. The van der Waals surface area contributed by atoms with E-state index in [9.17, 15) is 4.79 Å². The molecule has 0 aliphatic heterocycles. The van der Waals surface area contributed by atoms with Crippen LogP contribution in [0.3, 0.4) is 0 Å². The van der Waals surface area contributed by atoms with Gasteiger partial charge in [0.2, 0.25) is 0 Å². The van der Waals surface area contributed by atoms with Crippen molar-refractivity contribution < 1.29 is 14.3 Å². The van der Waals surface area contributed by atoms with E-state index in [1.165, 1.54) is 18.0 Å². The summed E-state index contributed by atoms with van der Waals surface area (Å²) in [7, 11) is 1.56. The first-order valence-electron chi connectivity index (χ1n) is 8.97. The molecular formula is C22H19BrClN3O3. The Labute approximate surface area is 188 Å². The van der Waals surface area contributed by atoms with Crippen molar-refractivity contribution in [1.82, 2.24) is 10.4 Å². The van der Waals surface area contributed by atoms with Gasteiger partial charge in [-0.25, -0.2) is 10.4 Å². The molecular weight excluding hydrogens is 470 g/mol. The smallest absolute Gasteiger partial charge is 0.274 e. The molecule has 1 heterocycles. The lowest BCUT2D eigenvalue weighted by Gasteiger charge is -2.13. The Balaban J connectivity index is 1.70. The number of methoxy groups -OCH3 is 1. The molecule has 0 atom stereocenters. The van der Waals surface area contributed by atoms with E-state index in [1.54, 1.807) is 25.3 Å². The molecule has 30 heavy (non-hydrogen) atoms. The summed E-state index contributed by atoms with van der Waals surface area (Å²) in [6.45, 7) is 2.45. The fourth-order valence-corrected chi connectivity index (χ4v) is 3.35. The van der Waals surface area contributed by atoms with Gasteiger partial charge in [-0.15, -0.1) is 0 Å². The van der Waals surface area contributed by atoms with Crippen LogP contribution in [0.25, 0.3) is 0 Å². The monoisotopic (exact) mass is 487 g/mol. The molecule has 3 rings (SSSR count). The Bertz CT molecular complexity index is 1070. The van der Waals surface area contributed by atoms with Crippen molar-refractivity contribution in [2.75, 3.05) is 7.11 Å². The molecule has 3 aromatic rings. The lowest BCUT2D eigenvalue weighted by molar-refractivity contribution is 0.0955. The molecule has 0 radical (unpaired) electrons. The molecule has 154 valence electrons. The first-order chi connectivity index (χ1) is 14.5. The van der Waals surface area contributed by atoms with Crippen LogP contribution in [0, 0.1) is 6.92 Å². The number of amides is 1. The van der Waals surface area contributed by atoms with Crippen LogP contribution in [0.2, 0.25) is 5.15 Å². The van der Waals surface area contributed by atoms with E-state index in [4.69, 9.17) is 21.1 Å². The van der Waals surface area contributed by atoms with E-state index in [0.29, 0.717) is 28.1 Å². The summed E-state index contributed by atoms with van der Waals surface area (Å²) in [5.41, 5.74) is 5.63. The number of carbonyl (C=O) groups is 1. The van der Waals surface area contributed by atoms with Gasteiger partial charge in [-0.1, -0.05) is 41.4 Å². The van der Waals surface area contributed by atoms with Gasteiger partial charge in [0.1, 0.15) is 11.8 Å². The molecule has 0 spiro atoms. The van der Waals surface area contributed by atoms with E-state index >= 15 is 0 Å². The molecule has 0 aliphatic carbocycles. The van der Waals surface area contributed by atoms with Crippen molar-refractivity contribution in [1.29, 1.82) is 0 Å². The number of nitrogens with one attached hydrogen (secondary N) is 1. The first-order valence-corrected chi connectivity index (χ1v) is 10.1. The molecule has 0 unspecified atom stereocenters. The molecule has 0 fully saturated rings. The van der Waals surface area contributed by atoms with Crippen LogP contribution in [-0.4, -0.2) is 24.2 Å². The third-order valence-electron chi connectivity index (χ3n) is 4.14. The second-order valence-electron chi connectivity index (χ2n) is 6.35. The minimum absolute atomic E-state index is 0.115. The van der Waals surface area contributed by atoms with Crippen LogP contribution in [0.4, 0.5) is 0 Å². The van der Waals surface area contributed by atoms with Gasteiger partial charge in [0.15, 0.2) is 11.5 Å². The highest BCUT2D eigenvalue weighted by Crippen LogP contribution is 2.36. The van der Waals surface area contributed by atoms with Crippen LogP contribution in [0.5, 0.6) is 11.5 Å². The molecule has 6 nitrogen and oxygen atoms in total. The van der Waals surface area contributed by atoms with E-state index in [2.05, 4.69) is 31.4 Å². The summed E-state index contributed by atoms with van der Waals surface area (Å²) >= 11 is 9.43. The Hall–Kier alpha value is -2.90. The van der Waals surface area contributed by atoms with Crippen molar-refractivity contribution in [3.63, 3.8) is 0 Å². The number of halogens is 2. The summed E-state index contributed by atoms with van der Waals surface area (Å²) in [5.74, 6) is 0.675. The number of aromatic nitrogens is 1. The minimum Gasteiger partial charge on any atom is -0.493 e. The zero-order valence-electron chi connectivity index (χ0n) is 16.4. The van der Waals surface area contributed by atoms with Crippen molar-refractivity contribution in [3.8, 4) is 11.5 Å². The van der Waals surface area contributed by atoms with Crippen molar-refractivity contribution in [3.05, 3.63) is 86.6 Å². The maximum Gasteiger partial charge on any atom is 0.274 e. The van der Waals surface area contributed by atoms with Gasteiger partial charge in [-0.3, -0.25) is 4.79 Å². The Morgan fingerprint density at radius 3 is 2.73 bits per heavy atom. The van der Waals surface area contributed by atoms with Crippen LogP contribution >= 0.6 is 27.5 Å². The third-order valence-corrected chi connectivity index (χ3v) is 5.03. The average molecular weight is 489 g/mol. The number of hydrazone groups is 1. The summed E-state index contributed by atoms with van der Waals surface area (Å²) in [6, 6.07) is 14.9. The van der Waals surface area contributed by atoms with Gasteiger partial charge in [0.05, 0.1) is 23.4 Å². The summed E-state index contributed by atoms with van der Waals surface area (Å²) < 4.78 is 12.1. The quantitative estimate of drug-likeness (QED) is 0.283. The maximum atomic E-state index is 12.1. The molecule has 0 bridgehead atoms. The molecule has 2 aromatic carbocycles. The minimum atomic E-state index is -0.451. The second-order valence-corrected chi connectivity index (χ2v) is 7.56. The fraction of sp³-hybridized carbons (Fsp3) is 0.136. The number of carbonyl (C=O) groups excluding carboxylic acids is 1. The fourth-order valence-electron chi connectivity index (χ4n) is 2.58. The molecule has 0 saturated carbocycles. The number of pyridine rings is 1. The number of nitrogens with zero attached hydrogens (tertiary/aromatic N) is 2. The van der Waals surface area contributed by atoms with Gasteiger partial charge in [-0.05, 0) is 58.2 Å². The average Bonchev–Trinajstić information content (AvgIpc) is 2.74. The summed E-state index contributed by atoms with van der Waals surface area (Å²) in [5, 5.41) is 4.09. The lowest BCUT2D eigenvalue weighted by atomic mass is 10.2. The SMILES string of the molecule is COc1cc(C=NNC(=O)c2cccnc2Cl)cc(Br)c1OCc1ccc(C)cc1. The summed E-state index contributed by atoms with van der Waals surface area (Å²) in [4.78, 5) is 16.0. The van der Waals surface area contributed by atoms with Crippen LogP contribution in [0.15, 0.2) is 64.3 Å². The van der Waals surface area contributed by atoms with Gasteiger partial charge < -0.3 is 9.47 Å². The normalized spacial score (nSPS) is 10.8. The van der Waals surface area contributed by atoms with E-state index in [-0.39, 0.29) is 10.7 Å². The highest BCUT2D eigenvalue weighted by molar-refractivity contribution is 9.10. The standard InChI is InChI=1S/C22H19BrClN3O3/c1-14-5-7-15(8-6-14)13-30-20-18(23)10-16(11-19(20)29-2)12-26-27-22(28)17-4-3-9-25-21(17)24/h3-12H,13H2,1-2H3,(H,27,28). The van der Waals surface area contributed by atoms with Crippen LogP contribution in [0.1, 0.15) is 27.0 Å². The Morgan fingerprint density at radius 1 is 1.27 bits per heavy atom. The first kappa shape index (κ1) is 21.8. The zero-order chi connectivity index (χ0) is 21.5. The van der Waals surface area contributed by atoms with Crippen molar-refractivity contribution in [2.24, 2.45) is 5.10 Å². The Kier molecular flexibility index (Phi) is 7.43. The highest BCUT2D eigenvalue weighted by atomic mass is 79.9. The van der Waals surface area contributed by atoms with E-state index in [0.717, 1.165) is 5.56 Å². The zero-order valence-corrected chi connectivity index (χ0v) is 18.7. The summed E-state index contributed by atoms with van der Waals surface area (Å²) in [6.07, 6.45) is 3.01. The highest BCUT2D eigenvalue weighted by Gasteiger charge is 2.12. The van der Waals surface area contributed by atoms with Gasteiger partial charge in [-0.2, -0.15) is 5.10 Å². The number of rotatable bonds is 7. The number of hydrogen-bond acceptors (Lipinski definition) is 5. The van der Waals surface area contributed by atoms with E-state index in [1.807, 2.05) is 37.3 Å². The number of hydrogen-bond donors (Lipinski definition) is 1. The molecule has 1 amide bonds. The van der Waals surface area contributed by atoms with Gasteiger partial charge in [0.25, 0.3) is 5.91 Å². The topological polar surface area (TPSA) is 72.8 Å². The van der Waals surface area contributed by atoms with Gasteiger partial charge in [0, 0.05) is 6.20 Å². The largest absolute Gasteiger partial charge is 0.493 e. The number of benzene rings is 2. The Morgan fingerprint density at radius 2 is 2.03 bits per heavy atom. The van der Waals surface area contributed by atoms with E-state index < -0.39 is 5.91 Å². The third kappa shape index (κ3) is 5.58. The lowest BCUT2D eigenvalue weighted by Crippen LogP contribution is -2.18. The van der Waals surface area contributed by atoms with Crippen molar-refractivity contribution >= 4 is 39.7 Å². The second kappa shape index (κ2) is 10.2. The van der Waals surface area contributed by atoms with Gasteiger partial charge >= 0.3 is 0 Å². The molecule has 0 aliphatic rings. The molecule has 0 saturated heterocycles. The predicted octanol–water partition coefficient (Wildman–Crippen LogP) is 5.16. The van der Waals surface area contributed by atoms with Crippen molar-refractivity contribution in [2.45, 2.75) is 13.5 Å². The predicted molar refractivity (Wildman–Crippen MR) is 121 cm³/mol. The number of ether oxygens (including phenoxy) is 2. The molecule has 8 heteroatoms.